The molecule has 1 unspecified atom stereocenters. The summed E-state index contributed by atoms with van der Waals surface area (Å²) in [7, 11) is 0. The van der Waals surface area contributed by atoms with Crippen LogP contribution in [0.3, 0.4) is 0 Å². The van der Waals surface area contributed by atoms with Crippen LogP contribution >= 0.6 is 15.9 Å². The third kappa shape index (κ3) is 4.19. The summed E-state index contributed by atoms with van der Waals surface area (Å²) in [5.41, 5.74) is 10.1. The molecule has 2 aromatic rings. The van der Waals surface area contributed by atoms with Gasteiger partial charge in [0, 0.05) is 4.47 Å². The van der Waals surface area contributed by atoms with Crippen molar-refractivity contribution in [3.63, 3.8) is 0 Å². The molecule has 1 atom stereocenters. The Hall–Kier alpha value is -1.12. The van der Waals surface area contributed by atoms with E-state index in [2.05, 4.69) is 71.4 Å². The first-order chi connectivity index (χ1) is 9.72. The van der Waals surface area contributed by atoms with Crippen molar-refractivity contribution in [1.82, 2.24) is 0 Å². The normalized spacial score (nSPS) is 12.3. The lowest BCUT2D eigenvalue weighted by Crippen LogP contribution is -2.19. The summed E-state index contributed by atoms with van der Waals surface area (Å²) in [6, 6.07) is 17.3. The van der Waals surface area contributed by atoms with Crippen LogP contribution in [-0.4, -0.2) is 6.54 Å². The van der Waals surface area contributed by atoms with E-state index in [0.29, 0.717) is 5.92 Å². The smallest absolute Gasteiger partial charge is 0.0207 e. The van der Waals surface area contributed by atoms with Crippen LogP contribution in [0.2, 0.25) is 0 Å². The first-order valence-electron chi connectivity index (χ1n) is 7.24. The Bertz CT molecular complexity index is 533. The fraction of sp³-hybridized carbons (Fsp3) is 0.333. The zero-order valence-corrected chi connectivity index (χ0v) is 13.6. The Morgan fingerprint density at radius 2 is 1.60 bits per heavy atom. The summed E-state index contributed by atoms with van der Waals surface area (Å²) in [4.78, 5) is 0. The second-order valence-corrected chi connectivity index (χ2v) is 6.13. The molecule has 0 heterocycles. The maximum Gasteiger partial charge on any atom is 0.0207 e. The lowest BCUT2D eigenvalue weighted by atomic mass is 9.92. The third-order valence-corrected chi connectivity index (χ3v) is 4.53. The van der Waals surface area contributed by atoms with Gasteiger partial charge in [-0.2, -0.15) is 0 Å². The molecule has 106 valence electrons. The van der Waals surface area contributed by atoms with Crippen molar-refractivity contribution >= 4 is 15.9 Å². The second-order valence-electron chi connectivity index (χ2n) is 5.27. The molecule has 0 amide bonds. The number of benzene rings is 2. The van der Waals surface area contributed by atoms with Crippen molar-refractivity contribution in [2.75, 3.05) is 6.54 Å². The van der Waals surface area contributed by atoms with Gasteiger partial charge in [0.2, 0.25) is 0 Å². The van der Waals surface area contributed by atoms with Crippen molar-refractivity contribution in [1.29, 1.82) is 0 Å². The van der Waals surface area contributed by atoms with Crippen LogP contribution in [-0.2, 0) is 19.3 Å². The molecule has 0 saturated carbocycles. The van der Waals surface area contributed by atoms with Gasteiger partial charge < -0.3 is 5.73 Å². The quantitative estimate of drug-likeness (QED) is 0.835. The molecule has 0 aliphatic rings. The minimum absolute atomic E-state index is 0.487. The average molecular weight is 332 g/mol. The maximum atomic E-state index is 5.96. The SMILES string of the molecule is CCc1ccc(CC(CN)Cc2ccccc2Br)cc1. The second kappa shape index (κ2) is 7.61. The molecule has 2 rings (SSSR count). The molecule has 2 aromatic carbocycles. The van der Waals surface area contributed by atoms with E-state index in [1.54, 1.807) is 0 Å². The van der Waals surface area contributed by atoms with Gasteiger partial charge in [-0.25, -0.2) is 0 Å². The Morgan fingerprint density at radius 1 is 0.950 bits per heavy atom. The number of aryl methyl sites for hydroxylation is 1. The van der Waals surface area contributed by atoms with Gasteiger partial charge in [0.15, 0.2) is 0 Å². The van der Waals surface area contributed by atoms with Gasteiger partial charge in [0.1, 0.15) is 0 Å². The van der Waals surface area contributed by atoms with E-state index in [9.17, 15) is 0 Å². The van der Waals surface area contributed by atoms with Gasteiger partial charge in [-0.15, -0.1) is 0 Å². The van der Waals surface area contributed by atoms with Crippen LogP contribution in [0.5, 0.6) is 0 Å². The lowest BCUT2D eigenvalue weighted by molar-refractivity contribution is 0.532. The highest BCUT2D eigenvalue weighted by molar-refractivity contribution is 9.10. The highest BCUT2D eigenvalue weighted by atomic mass is 79.9. The molecule has 0 fully saturated rings. The van der Waals surface area contributed by atoms with E-state index < -0.39 is 0 Å². The molecule has 0 spiro atoms. The Kier molecular flexibility index (Phi) is 5.81. The molecular weight excluding hydrogens is 310 g/mol. The fourth-order valence-electron chi connectivity index (χ4n) is 2.46. The summed E-state index contributed by atoms with van der Waals surface area (Å²) in [6.45, 7) is 2.90. The molecule has 2 N–H and O–H groups in total. The number of halogens is 1. The van der Waals surface area contributed by atoms with E-state index in [1.807, 2.05) is 0 Å². The fourth-order valence-corrected chi connectivity index (χ4v) is 2.90. The highest BCUT2D eigenvalue weighted by Gasteiger charge is 2.11. The van der Waals surface area contributed by atoms with Gasteiger partial charge in [0.05, 0.1) is 0 Å². The third-order valence-electron chi connectivity index (χ3n) is 3.76. The van der Waals surface area contributed by atoms with E-state index in [1.165, 1.54) is 21.2 Å². The Morgan fingerprint density at radius 3 is 2.20 bits per heavy atom. The Labute approximate surface area is 130 Å². The predicted molar refractivity (Wildman–Crippen MR) is 89.9 cm³/mol. The van der Waals surface area contributed by atoms with Gasteiger partial charge in [-0.05, 0) is 54.5 Å². The molecule has 20 heavy (non-hydrogen) atoms. The van der Waals surface area contributed by atoms with E-state index in [-0.39, 0.29) is 0 Å². The predicted octanol–water partition coefficient (Wildman–Crippen LogP) is 4.37. The number of nitrogens with two attached hydrogens (primary N) is 1. The van der Waals surface area contributed by atoms with Crippen molar-refractivity contribution in [2.24, 2.45) is 11.7 Å². The molecular formula is C18H22BrN. The molecule has 0 radical (unpaired) electrons. The maximum absolute atomic E-state index is 5.96. The highest BCUT2D eigenvalue weighted by Crippen LogP contribution is 2.21. The molecule has 1 nitrogen and oxygen atoms in total. The zero-order chi connectivity index (χ0) is 14.4. The summed E-state index contributed by atoms with van der Waals surface area (Å²) in [5.74, 6) is 0.487. The largest absolute Gasteiger partial charge is 0.330 e. The van der Waals surface area contributed by atoms with Crippen molar-refractivity contribution in [3.8, 4) is 0 Å². The van der Waals surface area contributed by atoms with Gasteiger partial charge in [-0.1, -0.05) is 65.3 Å². The van der Waals surface area contributed by atoms with E-state index in [4.69, 9.17) is 5.73 Å². The lowest BCUT2D eigenvalue weighted by Gasteiger charge is -2.16. The standard InChI is InChI=1S/C18H22BrN/c1-2-14-7-9-15(10-8-14)11-16(13-20)12-17-5-3-4-6-18(17)19/h3-10,16H,2,11-13,20H2,1H3. The van der Waals surface area contributed by atoms with Gasteiger partial charge in [0.25, 0.3) is 0 Å². The monoisotopic (exact) mass is 331 g/mol. The first-order valence-corrected chi connectivity index (χ1v) is 8.03. The molecule has 0 bridgehead atoms. The van der Waals surface area contributed by atoms with Crippen LogP contribution < -0.4 is 5.73 Å². The van der Waals surface area contributed by atoms with Crippen LogP contribution in [0.25, 0.3) is 0 Å². The van der Waals surface area contributed by atoms with Gasteiger partial charge >= 0.3 is 0 Å². The topological polar surface area (TPSA) is 26.0 Å². The Balaban J connectivity index is 2.03. The summed E-state index contributed by atoms with van der Waals surface area (Å²) >= 11 is 3.62. The minimum atomic E-state index is 0.487. The van der Waals surface area contributed by atoms with Crippen molar-refractivity contribution in [2.45, 2.75) is 26.2 Å². The van der Waals surface area contributed by atoms with Crippen LogP contribution in [0.1, 0.15) is 23.6 Å². The molecule has 2 heteroatoms. The number of rotatable bonds is 6. The summed E-state index contributed by atoms with van der Waals surface area (Å²) in [5, 5.41) is 0. The van der Waals surface area contributed by atoms with Crippen molar-refractivity contribution < 1.29 is 0 Å². The minimum Gasteiger partial charge on any atom is -0.330 e. The first kappa shape index (κ1) is 15.3. The number of hydrogen-bond donors (Lipinski definition) is 1. The van der Waals surface area contributed by atoms with E-state index >= 15 is 0 Å². The average Bonchev–Trinajstić information content (AvgIpc) is 2.49. The van der Waals surface area contributed by atoms with E-state index in [0.717, 1.165) is 25.8 Å². The summed E-state index contributed by atoms with van der Waals surface area (Å²) < 4.78 is 1.18. The molecule has 0 saturated heterocycles. The zero-order valence-electron chi connectivity index (χ0n) is 12.0. The molecule has 0 aromatic heterocycles. The summed E-state index contributed by atoms with van der Waals surface area (Å²) in [6.07, 6.45) is 3.16. The molecule has 0 aliphatic carbocycles. The van der Waals surface area contributed by atoms with Crippen LogP contribution in [0.15, 0.2) is 53.0 Å². The van der Waals surface area contributed by atoms with Crippen molar-refractivity contribution in [3.05, 3.63) is 69.7 Å². The van der Waals surface area contributed by atoms with Crippen LogP contribution in [0, 0.1) is 5.92 Å². The molecule has 0 aliphatic heterocycles. The number of hydrogen-bond acceptors (Lipinski definition) is 1. The van der Waals surface area contributed by atoms with Gasteiger partial charge in [-0.3, -0.25) is 0 Å². The van der Waals surface area contributed by atoms with Crippen LogP contribution in [0.4, 0.5) is 0 Å².